The van der Waals surface area contributed by atoms with Gasteiger partial charge in [-0.2, -0.15) is 0 Å². The third kappa shape index (κ3) is 6.94. The molecule has 0 N–H and O–H groups in total. The fourth-order valence-electron chi connectivity index (χ4n) is 4.00. The summed E-state index contributed by atoms with van der Waals surface area (Å²) in [5.41, 5.74) is 1.81. The second-order valence-electron chi connectivity index (χ2n) is 10.3. The summed E-state index contributed by atoms with van der Waals surface area (Å²) in [6, 6.07) is 3.90. The van der Waals surface area contributed by atoms with E-state index in [9.17, 15) is 4.79 Å². The molecular weight excluding hydrogens is 454 g/mol. The van der Waals surface area contributed by atoms with Crippen LogP contribution in [0.4, 0.5) is 0 Å². The van der Waals surface area contributed by atoms with E-state index < -0.39 is 8.32 Å². The van der Waals surface area contributed by atoms with Crippen LogP contribution in [0.15, 0.2) is 12.1 Å². The molecule has 1 aliphatic carbocycles. The molecule has 0 heterocycles. The number of nitrogens with zero attached hydrogens (tertiary/aromatic N) is 1. The minimum Gasteiger partial charge on any atom is -0.468 e. The van der Waals surface area contributed by atoms with E-state index in [4.69, 9.17) is 28.2 Å². The molecule has 0 spiro atoms. The Bertz CT molecular complexity index is 809. The van der Waals surface area contributed by atoms with Crippen LogP contribution in [-0.2, 0) is 30.1 Å². The topological polar surface area (TPSA) is 75.7 Å². The van der Waals surface area contributed by atoms with Crippen LogP contribution in [0, 0.1) is 5.92 Å². The molecule has 1 aliphatic rings. The summed E-state index contributed by atoms with van der Waals surface area (Å²) in [6.07, 6.45) is 2.61. The molecule has 0 saturated heterocycles. The molecule has 0 unspecified atom stereocenters. The maximum Gasteiger partial charge on any atom is 0.249 e. The SMILES string of the molecule is COCOc1cc(CO[Si](C)(C)C(C)(C)C)c(OCOC)c([C@@H]2CCC[C@@H]2C(=O)N(C)OC)c1. The smallest absolute Gasteiger partial charge is 0.249 e. The standard InChI is InChI=1S/C25H43NO7Si/c1-25(2,3)34(8,9)33-15-18-13-19(31-16-28-5)14-22(23(18)32-17-29-6)20-11-10-12-21(20)24(27)26(4)30-7/h13-14,20-21H,10-12,15-17H2,1-9H3/t20-,21+/m1/s1. The van der Waals surface area contributed by atoms with Crippen molar-refractivity contribution in [2.45, 2.75) is 70.7 Å². The molecule has 194 valence electrons. The maximum absolute atomic E-state index is 13.1. The Morgan fingerprint density at radius 3 is 2.29 bits per heavy atom. The van der Waals surface area contributed by atoms with Gasteiger partial charge in [0, 0.05) is 38.3 Å². The van der Waals surface area contributed by atoms with Crippen LogP contribution in [0.5, 0.6) is 11.5 Å². The lowest BCUT2D eigenvalue weighted by atomic mass is 9.86. The number of methoxy groups -OCH3 is 2. The van der Waals surface area contributed by atoms with Gasteiger partial charge < -0.3 is 23.4 Å². The van der Waals surface area contributed by atoms with E-state index in [1.54, 1.807) is 21.3 Å². The van der Waals surface area contributed by atoms with Gasteiger partial charge in [0.1, 0.15) is 11.5 Å². The van der Waals surface area contributed by atoms with Crippen LogP contribution in [-0.4, -0.2) is 61.3 Å². The lowest BCUT2D eigenvalue weighted by Gasteiger charge is -2.36. The number of benzene rings is 1. The van der Waals surface area contributed by atoms with E-state index in [0.29, 0.717) is 18.1 Å². The van der Waals surface area contributed by atoms with Gasteiger partial charge in [0.2, 0.25) is 5.91 Å². The molecule has 0 bridgehead atoms. The predicted octanol–water partition coefficient (Wildman–Crippen LogP) is 5.08. The van der Waals surface area contributed by atoms with Crippen molar-refractivity contribution in [2.24, 2.45) is 5.92 Å². The molecule has 8 nitrogen and oxygen atoms in total. The average Bonchev–Trinajstić information content (AvgIpc) is 3.28. The lowest BCUT2D eigenvalue weighted by Crippen LogP contribution is -2.40. The highest BCUT2D eigenvalue weighted by Crippen LogP contribution is 2.47. The maximum atomic E-state index is 13.1. The molecule has 1 aromatic rings. The Balaban J connectivity index is 2.53. The third-order valence-electron chi connectivity index (χ3n) is 7.04. The average molecular weight is 498 g/mol. The van der Waals surface area contributed by atoms with Crippen LogP contribution in [0.2, 0.25) is 18.1 Å². The first-order valence-corrected chi connectivity index (χ1v) is 14.7. The first-order valence-electron chi connectivity index (χ1n) is 11.8. The zero-order chi connectivity index (χ0) is 25.5. The molecule has 1 fully saturated rings. The second kappa shape index (κ2) is 12.4. The molecule has 0 radical (unpaired) electrons. The van der Waals surface area contributed by atoms with Crippen molar-refractivity contribution < 1.29 is 33.0 Å². The highest BCUT2D eigenvalue weighted by atomic mass is 28.4. The molecule has 2 rings (SSSR count). The van der Waals surface area contributed by atoms with Crippen LogP contribution in [0.3, 0.4) is 0 Å². The monoisotopic (exact) mass is 497 g/mol. The number of hydroxylamine groups is 2. The Labute approximate surface area is 205 Å². The molecule has 9 heteroatoms. The van der Waals surface area contributed by atoms with Gasteiger partial charge in [-0.3, -0.25) is 9.63 Å². The van der Waals surface area contributed by atoms with Crippen molar-refractivity contribution in [2.75, 3.05) is 42.0 Å². The first-order chi connectivity index (χ1) is 16.0. The number of carbonyl (C=O) groups excluding carboxylic acids is 1. The van der Waals surface area contributed by atoms with Crippen molar-refractivity contribution in [3.8, 4) is 11.5 Å². The largest absolute Gasteiger partial charge is 0.468 e. The van der Waals surface area contributed by atoms with Crippen molar-refractivity contribution in [3.63, 3.8) is 0 Å². The zero-order valence-corrected chi connectivity index (χ0v) is 23.4. The molecule has 2 atom stereocenters. The summed E-state index contributed by atoms with van der Waals surface area (Å²) in [6.45, 7) is 11.7. The summed E-state index contributed by atoms with van der Waals surface area (Å²) >= 11 is 0. The van der Waals surface area contributed by atoms with E-state index >= 15 is 0 Å². The van der Waals surface area contributed by atoms with E-state index in [-0.39, 0.29) is 36.4 Å². The van der Waals surface area contributed by atoms with Crippen molar-refractivity contribution in [1.82, 2.24) is 5.06 Å². The molecule has 1 aromatic carbocycles. The lowest BCUT2D eigenvalue weighted by molar-refractivity contribution is -0.173. The van der Waals surface area contributed by atoms with Crippen LogP contribution in [0.1, 0.15) is 57.1 Å². The Morgan fingerprint density at radius 2 is 1.71 bits per heavy atom. The van der Waals surface area contributed by atoms with Gasteiger partial charge in [-0.1, -0.05) is 27.2 Å². The fourth-order valence-corrected chi connectivity index (χ4v) is 4.95. The molecule has 0 aliphatic heterocycles. The van der Waals surface area contributed by atoms with Gasteiger partial charge in [-0.15, -0.1) is 0 Å². The first kappa shape index (κ1) is 28.6. The normalized spacial score (nSPS) is 18.7. The predicted molar refractivity (Wildman–Crippen MR) is 133 cm³/mol. The number of hydrogen-bond acceptors (Lipinski definition) is 7. The van der Waals surface area contributed by atoms with Gasteiger partial charge in [-0.25, -0.2) is 5.06 Å². The second-order valence-corrected chi connectivity index (χ2v) is 15.1. The van der Waals surface area contributed by atoms with E-state index in [1.807, 2.05) is 12.1 Å². The van der Waals surface area contributed by atoms with Crippen LogP contribution >= 0.6 is 0 Å². The van der Waals surface area contributed by atoms with Crippen LogP contribution in [0.25, 0.3) is 0 Å². The Morgan fingerprint density at radius 1 is 1.06 bits per heavy atom. The van der Waals surface area contributed by atoms with Crippen molar-refractivity contribution in [1.29, 1.82) is 0 Å². The number of amides is 1. The highest BCUT2D eigenvalue weighted by Gasteiger charge is 2.40. The molecule has 1 amide bonds. The van der Waals surface area contributed by atoms with Gasteiger partial charge in [0.15, 0.2) is 21.9 Å². The summed E-state index contributed by atoms with van der Waals surface area (Å²) in [5, 5.41) is 1.38. The zero-order valence-electron chi connectivity index (χ0n) is 22.4. The Hall–Kier alpha value is -1.65. The summed E-state index contributed by atoms with van der Waals surface area (Å²) in [5.74, 6) is 1.09. The van der Waals surface area contributed by atoms with E-state index in [2.05, 4.69) is 33.9 Å². The number of carbonyl (C=O) groups is 1. The Kier molecular flexibility index (Phi) is 10.4. The molecular formula is C25H43NO7Si. The number of ether oxygens (including phenoxy) is 4. The summed E-state index contributed by atoms with van der Waals surface area (Å²) < 4.78 is 28.9. The van der Waals surface area contributed by atoms with Gasteiger partial charge in [0.05, 0.1) is 13.7 Å². The van der Waals surface area contributed by atoms with Crippen molar-refractivity contribution >= 4 is 14.2 Å². The van der Waals surface area contributed by atoms with Gasteiger partial charge >= 0.3 is 0 Å². The minimum absolute atomic E-state index is 0.0327. The quantitative estimate of drug-likeness (QED) is 0.226. The fraction of sp³-hybridized carbons (Fsp3) is 0.720. The number of rotatable bonds is 12. The molecule has 1 saturated carbocycles. The van der Waals surface area contributed by atoms with Crippen molar-refractivity contribution in [3.05, 3.63) is 23.3 Å². The highest BCUT2D eigenvalue weighted by molar-refractivity contribution is 6.74. The molecule has 34 heavy (non-hydrogen) atoms. The van der Waals surface area contributed by atoms with E-state index in [0.717, 1.165) is 30.4 Å². The van der Waals surface area contributed by atoms with Crippen LogP contribution < -0.4 is 9.47 Å². The summed E-state index contributed by atoms with van der Waals surface area (Å²) in [7, 11) is 4.32. The molecule has 0 aromatic heterocycles. The number of hydrogen-bond donors (Lipinski definition) is 0. The minimum atomic E-state index is -2.01. The van der Waals surface area contributed by atoms with Gasteiger partial charge in [-0.05, 0) is 49.0 Å². The van der Waals surface area contributed by atoms with E-state index in [1.165, 1.54) is 12.2 Å². The summed E-state index contributed by atoms with van der Waals surface area (Å²) in [4.78, 5) is 18.2. The third-order valence-corrected chi connectivity index (χ3v) is 11.5. The van der Waals surface area contributed by atoms with Gasteiger partial charge in [0.25, 0.3) is 0 Å².